The average Bonchev–Trinajstić information content (AvgIpc) is 2.08. The number of hydrogen-bond acceptors (Lipinski definition) is 1. The molecule has 0 radical (unpaired) electrons. The van der Waals surface area contributed by atoms with Crippen LogP contribution in [0.15, 0.2) is 18.2 Å². The van der Waals surface area contributed by atoms with Crippen molar-refractivity contribution in [1.29, 1.82) is 0 Å². The van der Waals surface area contributed by atoms with Gasteiger partial charge in [-0.2, -0.15) is 0 Å². The van der Waals surface area contributed by atoms with E-state index < -0.39 is 17.7 Å². The molecule has 1 unspecified atom stereocenters. The zero-order valence-electron chi connectivity index (χ0n) is 6.22. The summed E-state index contributed by atoms with van der Waals surface area (Å²) in [6, 6.07) is 2.13. The van der Waals surface area contributed by atoms with Gasteiger partial charge in [-0.3, -0.25) is 0 Å². The fourth-order valence-corrected chi connectivity index (χ4v) is 0.843. The predicted molar refractivity (Wildman–Crippen MR) is 42.1 cm³/mol. The average molecular weight is 167 g/mol. The molecule has 0 spiro atoms. The van der Waals surface area contributed by atoms with Gasteiger partial charge in [0.05, 0.1) is 6.04 Å². The second kappa shape index (κ2) is 3.33. The molecule has 1 rings (SSSR count). The van der Waals surface area contributed by atoms with E-state index in [1.165, 1.54) is 0 Å². The number of benzene rings is 1. The van der Waals surface area contributed by atoms with Gasteiger partial charge in [0.1, 0.15) is 11.6 Å². The molecule has 2 N–H and O–H groups in total. The predicted octanol–water partition coefficient (Wildman–Crippen LogP) is 1.60. The van der Waals surface area contributed by atoms with E-state index in [4.69, 9.17) is 12.2 Å². The summed E-state index contributed by atoms with van der Waals surface area (Å²) in [5.41, 5.74) is 5.33. The fourth-order valence-electron chi connectivity index (χ4n) is 0.843. The lowest BCUT2D eigenvalue weighted by molar-refractivity contribution is 0.580. The van der Waals surface area contributed by atoms with Gasteiger partial charge in [-0.15, -0.1) is 6.42 Å². The molecule has 0 saturated carbocycles. The first-order valence-electron chi connectivity index (χ1n) is 3.32. The molecule has 1 aromatic rings. The molecular formula is C9H7F2N. The van der Waals surface area contributed by atoms with Gasteiger partial charge in [0, 0.05) is 5.56 Å². The second-order valence-electron chi connectivity index (χ2n) is 2.31. The summed E-state index contributed by atoms with van der Waals surface area (Å²) in [6.45, 7) is 0. The maximum atomic E-state index is 12.9. The summed E-state index contributed by atoms with van der Waals surface area (Å²) < 4.78 is 25.4. The molecule has 12 heavy (non-hydrogen) atoms. The topological polar surface area (TPSA) is 26.0 Å². The highest BCUT2D eigenvalue weighted by atomic mass is 19.1. The molecule has 0 aliphatic carbocycles. The third-order valence-electron chi connectivity index (χ3n) is 1.47. The Morgan fingerprint density at radius 1 is 1.42 bits per heavy atom. The summed E-state index contributed by atoms with van der Waals surface area (Å²) in [5, 5.41) is 0. The molecule has 0 saturated heterocycles. The minimum atomic E-state index is -0.888. The van der Waals surface area contributed by atoms with Crippen molar-refractivity contribution in [1.82, 2.24) is 0 Å². The number of halogens is 2. The Morgan fingerprint density at radius 3 is 2.67 bits per heavy atom. The Labute approximate surface area is 69.2 Å². The van der Waals surface area contributed by atoms with Gasteiger partial charge in [0.25, 0.3) is 0 Å². The number of nitrogens with two attached hydrogens (primary N) is 1. The Bertz CT molecular complexity index is 328. The molecule has 1 aromatic carbocycles. The number of rotatable bonds is 1. The summed E-state index contributed by atoms with van der Waals surface area (Å²) in [5.74, 6) is 0.994. The van der Waals surface area contributed by atoms with Gasteiger partial charge in [-0.25, -0.2) is 8.78 Å². The van der Waals surface area contributed by atoms with Crippen molar-refractivity contribution in [2.75, 3.05) is 0 Å². The maximum Gasteiger partial charge on any atom is 0.129 e. The molecule has 0 aliphatic heterocycles. The van der Waals surface area contributed by atoms with Crippen LogP contribution in [0.5, 0.6) is 0 Å². The van der Waals surface area contributed by atoms with Crippen LogP contribution < -0.4 is 5.73 Å². The summed E-state index contributed by atoms with van der Waals surface area (Å²) >= 11 is 0. The van der Waals surface area contributed by atoms with E-state index in [-0.39, 0.29) is 5.56 Å². The maximum absolute atomic E-state index is 12.9. The second-order valence-corrected chi connectivity index (χ2v) is 2.31. The molecule has 62 valence electrons. The smallest absolute Gasteiger partial charge is 0.129 e. The van der Waals surface area contributed by atoms with Crippen LogP contribution in [0.4, 0.5) is 8.78 Å². The van der Waals surface area contributed by atoms with Crippen LogP contribution in [0.25, 0.3) is 0 Å². The van der Waals surface area contributed by atoms with Gasteiger partial charge in [-0.05, 0) is 18.2 Å². The van der Waals surface area contributed by atoms with E-state index in [0.29, 0.717) is 0 Å². The van der Waals surface area contributed by atoms with E-state index in [9.17, 15) is 8.78 Å². The minimum absolute atomic E-state index is 0.0116. The normalized spacial score (nSPS) is 12.2. The van der Waals surface area contributed by atoms with Crippen LogP contribution >= 0.6 is 0 Å². The van der Waals surface area contributed by atoms with Crippen LogP contribution in [0.2, 0.25) is 0 Å². The number of hydrogen-bond donors (Lipinski definition) is 1. The first kappa shape index (κ1) is 8.69. The van der Waals surface area contributed by atoms with Crippen LogP contribution in [0.3, 0.4) is 0 Å². The molecule has 0 aromatic heterocycles. The van der Waals surface area contributed by atoms with E-state index in [1.54, 1.807) is 0 Å². The van der Waals surface area contributed by atoms with Crippen LogP contribution in [0.1, 0.15) is 11.6 Å². The van der Waals surface area contributed by atoms with Crippen molar-refractivity contribution in [3.05, 3.63) is 35.4 Å². The lowest BCUT2D eigenvalue weighted by atomic mass is 10.1. The van der Waals surface area contributed by atoms with E-state index >= 15 is 0 Å². The third-order valence-corrected chi connectivity index (χ3v) is 1.47. The summed E-state index contributed by atoms with van der Waals surface area (Å²) in [7, 11) is 0. The van der Waals surface area contributed by atoms with Crippen LogP contribution in [0, 0.1) is 24.0 Å². The largest absolute Gasteiger partial charge is 0.314 e. The Balaban J connectivity index is 3.15. The minimum Gasteiger partial charge on any atom is -0.314 e. The summed E-state index contributed by atoms with van der Waals surface area (Å²) in [4.78, 5) is 0. The van der Waals surface area contributed by atoms with Crippen LogP contribution in [-0.4, -0.2) is 0 Å². The number of terminal acetylenes is 1. The van der Waals surface area contributed by atoms with E-state index in [1.807, 2.05) is 0 Å². The van der Waals surface area contributed by atoms with Crippen LogP contribution in [-0.2, 0) is 0 Å². The van der Waals surface area contributed by atoms with Crippen molar-refractivity contribution in [2.24, 2.45) is 5.73 Å². The van der Waals surface area contributed by atoms with Crippen molar-refractivity contribution in [3.8, 4) is 12.3 Å². The zero-order valence-corrected chi connectivity index (χ0v) is 6.22. The molecule has 1 nitrogen and oxygen atoms in total. The van der Waals surface area contributed by atoms with Crippen molar-refractivity contribution in [2.45, 2.75) is 6.04 Å². The standard InChI is InChI=1S/C9H7F2N/c1-2-9(12)7-5-6(10)3-4-8(7)11/h1,3-5,9H,12H2. The van der Waals surface area contributed by atoms with Crippen molar-refractivity contribution in [3.63, 3.8) is 0 Å². The Morgan fingerprint density at radius 2 is 2.08 bits per heavy atom. The van der Waals surface area contributed by atoms with Gasteiger partial charge in [0.15, 0.2) is 0 Å². The quantitative estimate of drug-likeness (QED) is 0.631. The molecule has 0 aliphatic rings. The third kappa shape index (κ3) is 1.60. The van der Waals surface area contributed by atoms with E-state index in [0.717, 1.165) is 18.2 Å². The monoisotopic (exact) mass is 167 g/mol. The molecule has 0 heterocycles. The first-order chi connectivity index (χ1) is 5.65. The van der Waals surface area contributed by atoms with Gasteiger partial charge in [-0.1, -0.05) is 5.92 Å². The molecular weight excluding hydrogens is 160 g/mol. The molecule has 0 amide bonds. The molecule has 0 fully saturated rings. The Hall–Kier alpha value is -1.40. The highest BCUT2D eigenvalue weighted by Crippen LogP contribution is 2.15. The van der Waals surface area contributed by atoms with E-state index in [2.05, 4.69) is 5.92 Å². The van der Waals surface area contributed by atoms with Gasteiger partial charge >= 0.3 is 0 Å². The SMILES string of the molecule is C#CC(N)c1cc(F)ccc1F. The highest BCUT2D eigenvalue weighted by molar-refractivity contribution is 5.27. The lowest BCUT2D eigenvalue weighted by Crippen LogP contribution is -2.09. The Kier molecular flexibility index (Phi) is 2.41. The first-order valence-corrected chi connectivity index (χ1v) is 3.32. The summed E-state index contributed by atoms with van der Waals surface area (Å²) in [6.07, 6.45) is 4.96. The highest BCUT2D eigenvalue weighted by Gasteiger charge is 2.09. The molecule has 3 heteroatoms. The molecule has 0 bridgehead atoms. The lowest BCUT2D eigenvalue weighted by Gasteiger charge is -2.05. The van der Waals surface area contributed by atoms with Crippen molar-refractivity contribution >= 4 is 0 Å². The van der Waals surface area contributed by atoms with Gasteiger partial charge < -0.3 is 5.73 Å². The van der Waals surface area contributed by atoms with Gasteiger partial charge in [0.2, 0.25) is 0 Å². The fraction of sp³-hybridized carbons (Fsp3) is 0.111. The van der Waals surface area contributed by atoms with Crippen molar-refractivity contribution < 1.29 is 8.78 Å². The zero-order chi connectivity index (χ0) is 9.14. The molecule has 1 atom stereocenters.